The lowest BCUT2D eigenvalue weighted by molar-refractivity contribution is 0.0729. The molecule has 1 saturated carbocycles. The van der Waals surface area contributed by atoms with Gasteiger partial charge in [-0.25, -0.2) is 9.50 Å². The Bertz CT molecular complexity index is 1390. The van der Waals surface area contributed by atoms with Crippen LogP contribution in [0.3, 0.4) is 0 Å². The lowest BCUT2D eigenvalue weighted by Crippen LogP contribution is -2.43. The first-order valence-electron chi connectivity index (χ1n) is 13.8. The molecule has 0 amide bonds. The fourth-order valence-corrected chi connectivity index (χ4v) is 6.52. The van der Waals surface area contributed by atoms with Crippen LogP contribution in [0, 0.1) is 6.92 Å². The van der Waals surface area contributed by atoms with Gasteiger partial charge in [0.15, 0.2) is 11.4 Å². The van der Waals surface area contributed by atoms with Gasteiger partial charge in [0.2, 0.25) is 0 Å². The predicted octanol–water partition coefficient (Wildman–Crippen LogP) is 5.51. The molecule has 0 bridgehead atoms. The fourth-order valence-electron chi connectivity index (χ4n) is 6.52. The Morgan fingerprint density at radius 3 is 2.57 bits per heavy atom. The first-order chi connectivity index (χ1) is 18.0. The molecule has 1 saturated heterocycles. The number of ether oxygens (including phenoxy) is 2. The average Bonchev–Trinajstić information content (AvgIpc) is 3.55. The highest BCUT2D eigenvalue weighted by molar-refractivity contribution is 5.94. The molecule has 8 heteroatoms. The van der Waals surface area contributed by atoms with Crippen molar-refractivity contribution >= 4 is 16.6 Å². The van der Waals surface area contributed by atoms with Crippen molar-refractivity contribution in [3.63, 3.8) is 0 Å². The number of H-pyrrole nitrogens is 1. The summed E-state index contributed by atoms with van der Waals surface area (Å²) in [5.74, 6) is 1.57. The van der Waals surface area contributed by atoms with E-state index in [9.17, 15) is 0 Å². The van der Waals surface area contributed by atoms with Gasteiger partial charge in [0, 0.05) is 54.1 Å². The van der Waals surface area contributed by atoms with Gasteiger partial charge in [-0.1, -0.05) is 13.8 Å². The Labute approximate surface area is 218 Å². The third kappa shape index (κ3) is 4.50. The van der Waals surface area contributed by atoms with Crippen LogP contribution in [0.4, 0.5) is 0 Å². The third-order valence-electron chi connectivity index (χ3n) is 8.39. The van der Waals surface area contributed by atoms with Gasteiger partial charge in [0.05, 0.1) is 24.5 Å². The smallest absolute Gasteiger partial charge is 0.197 e. The Morgan fingerprint density at radius 1 is 1.08 bits per heavy atom. The van der Waals surface area contributed by atoms with Crippen LogP contribution in [0.15, 0.2) is 24.8 Å². The van der Waals surface area contributed by atoms with E-state index >= 15 is 0 Å². The highest BCUT2D eigenvalue weighted by Gasteiger charge is 2.28. The predicted molar refractivity (Wildman–Crippen MR) is 145 cm³/mol. The summed E-state index contributed by atoms with van der Waals surface area (Å²) in [6, 6.07) is 3.29. The minimum Gasteiger partial charge on any atom is -0.493 e. The fraction of sp³-hybridized carbons (Fsp3) is 0.552. The molecule has 0 spiro atoms. The van der Waals surface area contributed by atoms with E-state index in [0.29, 0.717) is 29.7 Å². The monoisotopic (exact) mass is 502 g/mol. The normalized spacial score (nSPS) is 21.3. The number of hydrogen-bond donors (Lipinski definition) is 2. The van der Waals surface area contributed by atoms with Crippen molar-refractivity contribution in [1.29, 1.82) is 0 Å². The highest BCUT2D eigenvalue weighted by atomic mass is 16.5. The van der Waals surface area contributed by atoms with Crippen LogP contribution in [0.1, 0.15) is 81.0 Å². The van der Waals surface area contributed by atoms with Gasteiger partial charge in [-0.3, -0.25) is 4.98 Å². The molecule has 4 aromatic rings. The molecule has 1 aliphatic heterocycles. The molecule has 2 N–H and O–H groups in total. The zero-order chi connectivity index (χ0) is 25.5. The number of nitrogens with zero attached hydrogens (tertiary/aromatic N) is 4. The van der Waals surface area contributed by atoms with Gasteiger partial charge in [-0.15, -0.1) is 0 Å². The molecule has 0 aromatic carbocycles. The van der Waals surface area contributed by atoms with Crippen LogP contribution < -0.4 is 10.1 Å². The Kier molecular flexibility index (Phi) is 6.63. The zero-order valence-electron chi connectivity index (χ0n) is 22.4. The minimum atomic E-state index is 0.342. The van der Waals surface area contributed by atoms with Gasteiger partial charge >= 0.3 is 0 Å². The summed E-state index contributed by atoms with van der Waals surface area (Å²) in [5, 5.41) is 9.59. The summed E-state index contributed by atoms with van der Waals surface area (Å²) in [5.41, 5.74) is 7.87. The quantitative estimate of drug-likeness (QED) is 0.362. The maximum absolute atomic E-state index is 5.64. The number of pyridine rings is 2. The van der Waals surface area contributed by atoms with Crippen molar-refractivity contribution in [2.45, 2.75) is 83.2 Å². The molecular weight excluding hydrogens is 464 g/mol. The number of hydrogen-bond acceptors (Lipinski definition) is 6. The van der Waals surface area contributed by atoms with Crippen molar-refractivity contribution < 1.29 is 9.47 Å². The lowest BCUT2D eigenvalue weighted by Gasteiger charge is -2.34. The standard InChI is InChI=1S/C29H38N6O2/c1-17(2)25-26-18(3)27(19-5-7-21(8-6-19)33-22-9-11-37-12-10-22)30-14-23(26)34-28(25)20-13-24(36-4)29-31-16-32-35(29)15-20/h13-17,19,21-22,33-34H,5-12H2,1-4H3. The first-order valence-corrected chi connectivity index (χ1v) is 13.8. The van der Waals surface area contributed by atoms with Crippen LogP contribution in [0.5, 0.6) is 5.75 Å². The van der Waals surface area contributed by atoms with Gasteiger partial charge in [-0.2, -0.15) is 5.10 Å². The lowest BCUT2D eigenvalue weighted by atomic mass is 9.81. The Hall–Kier alpha value is -2.97. The zero-order valence-corrected chi connectivity index (χ0v) is 22.4. The molecule has 0 atom stereocenters. The van der Waals surface area contributed by atoms with Crippen LogP contribution in [-0.4, -0.2) is 57.0 Å². The molecule has 0 unspecified atom stereocenters. The average molecular weight is 503 g/mol. The molecule has 196 valence electrons. The van der Waals surface area contributed by atoms with Gasteiger partial charge in [0.1, 0.15) is 6.33 Å². The van der Waals surface area contributed by atoms with Crippen LogP contribution in [0.25, 0.3) is 27.8 Å². The van der Waals surface area contributed by atoms with E-state index in [1.165, 1.54) is 47.9 Å². The van der Waals surface area contributed by atoms with Gasteiger partial charge < -0.3 is 19.8 Å². The summed E-state index contributed by atoms with van der Waals surface area (Å²) < 4.78 is 13.0. The van der Waals surface area contributed by atoms with Crippen molar-refractivity contribution in [1.82, 2.24) is 29.9 Å². The maximum atomic E-state index is 5.64. The topological polar surface area (TPSA) is 89.4 Å². The molecular formula is C29H38N6O2. The summed E-state index contributed by atoms with van der Waals surface area (Å²) in [4.78, 5) is 13.1. The second-order valence-corrected chi connectivity index (χ2v) is 11.1. The van der Waals surface area contributed by atoms with E-state index in [1.807, 2.05) is 12.4 Å². The second-order valence-electron chi connectivity index (χ2n) is 11.1. The Morgan fingerprint density at radius 2 is 1.84 bits per heavy atom. The number of rotatable bonds is 6. The van der Waals surface area contributed by atoms with E-state index in [-0.39, 0.29) is 0 Å². The number of aryl methyl sites for hydroxylation is 1. The molecule has 8 nitrogen and oxygen atoms in total. The third-order valence-corrected chi connectivity index (χ3v) is 8.39. The SMILES string of the molecule is COc1cc(-c2[nH]c3cnc(C4CCC(NC5CCOCC5)CC4)c(C)c3c2C(C)C)cn2ncnc12. The van der Waals surface area contributed by atoms with E-state index in [4.69, 9.17) is 14.5 Å². The molecule has 5 heterocycles. The summed E-state index contributed by atoms with van der Waals surface area (Å²) in [6.45, 7) is 8.59. The molecule has 4 aromatic heterocycles. The van der Waals surface area contributed by atoms with Crippen LogP contribution in [0.2, 0.25) is 0 Å². The molecule has 0 radical (unpaired) electrons. The molecule has 37 heavy (non-hydrogen) atoms. The van der Waals surface area contributed by atoms with Gasteiger partial charge in [-0.05, 0) is 68.6 Å². The number of fused-ring (bicyclic) bond motifs is 2. The summed E-state index contributed by atoms with van der Waals surface area (Å²) >= 11 is 0. The maximum Gasteiger partial charge on any atom is 0.197 e. The van der Waals surface area contributed by atoms with Crippen molar-refractivity contribution in [3.8, 4) is 17.0 Å². The number of aromatic nitrogens is 5. The number of nitrogens with one attached hydrogen (secondary N) is 2. The summed E-state index contributed by atoms with van der Waals surface area (Å²) in [6.07, 6.45) is 12.7. The number of aromatic amines is 1. The van der Waals surface area contributed by atoms with E-state index in [2.05, 4.69) is 47.2 Å². The Balaban J connectivity index is 1.31. The molecule has 2 fully saturated rings. The molecule has 2 aliphatic rings. The van der Waals surface area contributed by atoms with Crippen molar-refractivity contribution in [2.75, 3.05) is 20.3 Å². The van der Waals surface area contributed by atoms with Gasteiger partial charge in [0.25, 0.3) is 0 Å². The highest BCUT2D eigenvalue weighted by Crippen LogP contribution is 2.41. The van der Waals surface area contributed by atoms with Crippen molar-refractivity contribution in [3.05, 3.63) is 41.6 Å². The summed E-state index contributed by atoms with van der Waals surface area (Å²) in [7, 11) is 1.68. The van der Waals surface area contributed by atoms with Crippen LogP contribution >= 0.6 is 0 Å². The minimum absolute atomic E-state index is 0.342. The van der Waals surface area contributed by atoms with E-state index in [0.717, 1.165) is 48.5 Å². The van der Waals surface area contributed by atoms with Crippen LogP contribution in [-0.2, 0) is 4.74 Å². The molecule has 6 rings (SSSR count). The van der Waals surface area contributed by atoms with E-state index in [1.54, 1.807) is 18.0 Å². The van der Waals surface area contributed by atoms with E-state index < -0.39 is 0 Å². The second kappa shape index (κ2) is 10.1. The largest absolute Gasteiger partial charge is 0.493 e. The molecule has 1 aliphatic carbocycles. The number of methoxy groups -OCH3 is 1. The first kappa shape index (κ1) is 24.4. The van der Waals surface area contributed by atoms with Crippen molar-refractivity contribution in [2.24, 2.45) is 0 Å².